The molecular formula is C19H37N. The summed E-state index contributed by atoms with van der Waals surface area (Å²) in [7, 11) is 0. The predicted molar refractivity (Wildman–Crippen MR) is 89.0 cm³/mol. The maximum atomic E-state index is 3.91. The third-order valence-electron chi connectivity index (χ3n) is 6.41. The third-order valence-corrected chi connectivity index (χ3v) is 6.41. The Morgan fingerprint density at radius 1 is 0.850 bits per heavy atom. The molecule has 0 aliphatic heterocycles. The van der Waals surface area contributed by atoms with Crippen LogP contribution in [0.3, 0.4) is 0 Å². The smallest absolute Gasteiger partial charge is 0.00673 e. The van der Waals surface area contributed by atoms with Gasteiger partial charge in [-0.3, -0.25) is 0 Å². The molecule has 118 valence electrons. The molecule has 2 fully saturated rings. The van der Waals surface area contributed by atoms with E-state index in [0.717, 1.165) is 17.9 Å². The van der Waals surface area contributed by atoms with E-state index in [-0.39, 0.29) is 0 Å². The third kappa shape index (κ3) is 4.76. The average Bonchev–Trinajstić information content (AvgIpc) is 2.74. The van der Waals surface area contributed by atoms with Crippen molar-refractivity contribution in [1.29, 1.82) is 0 Å². The van der Waals surface area contributed by atoms with Crippen LogP contribution >= 0.6 is 0 Å². The minimum atomic E-state index is 0.562. The molecule has 1 N–H and O–H groups in total. The van der Waals surface area contributed by atoms with Crippen molar-refractivity contribution in [1.82, 2.24) is 5.32 Å². The Balaban J connectivity index is 1.66. The number of hydrogen-bond acceptors (Lipinski definition) is 1. The minimum Gasteiger partial charge on any atom is -0.314 e. The molecule has 1 nitrogen and oxygen atoms in total. The molecule has 0 amide bonds. The fraction of sp³-hybridized carbons (Fsp3) is 1.00. The van der Waals surface area contributed by atoms with Crippen LogP contribution in [0.2, 0.25) is 0 Å². The first kappa shape index (κ1) is 16.3. The Morgan fingerprint density at radius 3 is 2.00 bits per heavy atom. The summed E-state index contributed by atoms with van der Waals surface area (Å²) in [4.78, 5) is 0. The molecule has 2 aliphatic rings. The lowest BCUT2D eigenvalue weighted by molar-refractivity contribution is 0.135. The summed E-state index contributed by atoms with van der Waals surface area (Å²) in [5, 5.41) is 3.91. The summed E-state index contributed by atoms with van der Waals surface area (Å²) in [6.45, 7) is 8.59. The van der Waals surface area contributed by atoms with E-state index in [2.05, 4.69) is 26.1 Å². The van der Waals surface area contributed by atoms with E-state index < -0.39 is 0 Å². The highest BCUT2D eigenvalue weighted by molar-refractivity contribution is 4.85. The van der Waals surface area contributed by atoms with Gasteiger partial charge in [0.25, 0.3) is 0 Å². The first-order chi connectivity index (χ1) is 9.62. The molecule has 0 radical (unpaired) electrons. The molecule has 0 spiro atoms. The fourth-order valence-electron chi connectivity index (χ4n) is 4.27. The zero-order valence-electron chi connectivity index (χ0n) is 14.2. The highest BCUT2D eigenvalue weighted by Crippen LogP contribution is 2.40. The van der Waals surface area contributed by atoms with Gasteiger partial charge in [-0.1, -0.05) is 52.9 Å². The monoisotopic (exact) mass is 279 g/mol. The summed E-state index contributed by atoms with van der Waals surface area (Å²) < 4.78 is 0. The standard InChI is InChI=1S/C19H37N/c1-4-19(2,3)17-11-13-18(14-12-17)20-15-16-9-7-5-6-8-10-16/h16-18,20H,4-15H2,1-3H3. The first-order valence-electron chi connectivity index (χ1n) is 9.35. The van der Waals surface area contributed by atoms with Gasteiger partial charge in [-0.05, 0) is 62.3 Å². The SMILES string of the molecule is CCC(C)(C)C1CCC(NCC2CCCCCC2)CC1. The molecular weight excluding hydrogens is 242 g/mol. The Kier molecular flexibility index (Phi) is 6.39. The van der Waals surface area contributed by atoms with Crippen LogP contribution in [0.4, 0.5) is 0 Å². The minimum absolute atomic E-state index is 0.562. The van der Waals surface area contributed by atoms with Gasteiger partial charge in [0.15, 0.2) is 0 Å². The Bertz CT molecular complexity index is 255. The molecule has 1 heteroatoms. The second-order valence-electron chi connectivity index (χ2n) is 8.16. The van der Waals surface area contributed by atoms with E-state index in [4.69, 9.17) is 0 Å². The summed E-state index contributed by atoms with van der Waals surface area (Å²) in [6.07, 6.45) is 15.9. The van der Waals surface area contributed by atoms with Crippen LogP contribution in [0.15, 0.2) is 0 Å². The van der Waals surface area contributed by atoms with Crippen LogP contribution < -0.4 is 5.32 Å². The zero-order valence-corrected chi connectivity index (χ0v) is 14.2. The second-order valence-corrected chi connectivity index (χ2v) is 8.16. The van der Waals surface area contributed by atoms with Gasteiger partial charge in [-0.25, -0.2) is 0 Å². The molecule has 0 bridgehead atoms. The summed E-state index contributed by atoms with van der Waals surface area (Å²) >= 11 is 0. The van der Waals surface area contributed by atoms with Crippen LogP contribution in [0.5, 0.6) is 0 Å². The second kappa shape index (κ2) is 7.82. The van der Waals surface area contributed by atoms with Crippen molar-refractivity contribution in [3.8, 4) is 0 Å². The quantitative estimate of drug-likeness (QED) is 0.651. The molecule has 2 saturated carbocycles. The summed E-state index contributed by atoms with van der Waals surface area (Å²) in [5.41, 5.74) is 0.562. The summed E-state index contributed by atoms with van der Waals surface area (Å²) in [5.74, 6) is 1.94. The first-order valence-corrected chi connectivity index (χ1v) is 9.35. The Morgan fingerprint density at radius 2 is 1.45 bits per heavy atom. The molecule has 0 aromatic rings. The van der Waals surface area contributed by atoms with Crippen molar-refractivity contribution in [2.24, 2.45) is 17.3 Å². The van der Waals surface area contributed by atoms with Gasteiger partial charge < -0.3 is 5.32 Å². The Hall–Kier alpha value is -0.0400. The van der Waals surface area contributed by atoms with Crippen molar-refractivity contribution in [3.05, 3.63) is 0 Å². The number of nitrogens with one attached hydrogen (secondary N) is 1. The van der Waals surface area contributed by atoms with Crippen LogP contribution in [-0.4, -0.2) is 12.6 Å². The van der Waals surface area contributed by atoms with Gasteiger partial charge in [-0.2, -0.15) is 0 Å². The number of rotatable bonds is 5. The van der Waals surface area contributed by atoms with Gasteiger partial charge in [0.05, 0.1) is 0 Å². The Labute approximate surface area is 127 Å². The van der Waals surface area contributed by atoms with E-state index in [9.17, 15) is 0 Å². The van der Waals surface area contributed by atoms with Crippen LogP contribution in [0.1, 0.15) is 91.4 Å². The molecule has 2 aliphatic carbocycles. The fourth-order valence-corrected chi connectivity index (χ4v) is 4.27. The van der Waals surface area contributed by atoms with Crippen molar-refractivity contribution in [3.63, 3.8) is 0 Å². The molecule has 0 aromatic carbocycles. The molecule has 0 aromatic heterocycles. The normalized spacial score (nSPS) is 30.1. The lowest BCUT2D eigenvalue weighted by Crippen LogP contribution is -2.38. The maximum absolute atomic E-state index is 3.91. The van der Waals surface area contributed by atoms with Crippen molar-refractivity contribution in [2.45, 2.75) is 97.4 Å². The molecule has 0 heterocycles. The van der Waals surface area contributed by atoms with Gasteiger partial charge >= 0.3 is 0 Å². The van der Waals surface area contributed by atoms with Crippen molar-refractivity contribution >= 4 is 0 Å². The van der Waals surface area contributed by atoms with Crippen molar-refractivity contribution in [2.75, 3.05) is 6.54 Å². The van der Waals surface area contributed by atoms with E-state index in [0.29, 0.717) is 5.41 Å². The molecule has 0 atom stereocenters. The zero-order chi connectivity index (χ0) is 14.4. The van der Waals surface area contributed by atoms with Crippen LogP contribution in [-0.2, 0) is 0 Å². The maximum Gasteiger partial charge on any atom is 0.00673 e. The van der Waals surface area contributed by atoms with Gasteiger partial charge in [0, 0.05) is 6.04 Å². The highest BCUT2D eigenvalue weighted by atomic mass is 14.9. The average molecular weight is 280 g/mol. The molecule has 20 heavy (non-hydrogen) atoms. The molecule has 0 saturated heterocycles. The number of hydrogen-bond donors (Lipinski definition) is 1. The van der Waals surface area contributed by atoms with Gasteiger partial charge in [0.2, 0.25) is 0 Å². The summed E-state index contributed by atoms with van der Waals surface area (Å²) in [6, 6.07) is 0.821. The lowest BCUT2D eigenvalue weighted by Gasteiger charge is -2.39. The van der Waals surface area contributed by atoms with E-state index in [1.165, 1.54) is 77.2 Å². The largest absolute Gasteiger partial charge is 0.314 e. The highest BCUT2D eigenvalue weighted by Gasteiger charge is 2.31. The van der Waals surface area contributed by atoms with Crippen LogP contribution in [0, 0.1) is 17.3 Å². The lowest BCUT2D eigenvalue weighted by atomic mass is 9.69. The predicted octanol–water partition coefficient (Wildman–Crippen LogP) is 5.54. The molecule has 0 unspecified atom stereocenters. The van der Waals surface area contributed by atoms with Crippen LogP contribution in [0.25, 0.3) is 0 Å². The van der Waals surface area contributed by atoms with E-state index in [1.54, 1.807) is 0 Å². The van der Waals surface area contributed by atoms with Gasteiger partial charge in [0.1, 0.15) is 0 Å². The topological polar surface area (TPSA) is 12.0 Å². The molecule has 2 rings (SSSR count). The van der Waals surface area contributed by atoms with Crippen molar-refractivity contribution < 1.29 is 0 Å². The van der Waals surface area contributed by atoms with Gasteiger partial charge in [-0.15, -0.1) is 0 Å². The van der Waals surface area contributed by atoms with E-state index >= 15 is 0 Å². The van der Waals surface area contributed by atoms with E-state index in [1.807, 2.05) is 0 Å².